The van der Waals surface area contributed by atoms with Gasteiger partial charge in [-0.15, -0.1) is 0 Å². The largest absolute Gasteiger partial charge is 0.480 e. The molecule has 1 saturated carbocycles. The Kier molecular flexibility index (Phi) is 4.41. The molecule has 0 bridgehead atoms. The smallest absolute Gasteiger partial charge is 0.325 e. The van der Waals surface area contributed by atoms with Gasteiger partial charge in [-0.2, -0.15) is 5.10 Å². The van der Waals surface area contributed by atoms with E-state index in [9.17, 15) is 18.3 Å². The zero-order chi connectivity index (χ0) is 14.8. The molecule has 1 aromatic heterocycles. The monoisotopic (exact) mass is 303 g/mol. The predicted octanol–water partition coefficient (Wildman–Crippen LogP) is -0.450. The molecule has 9 heteroatoms. The van der Waals surface area contributed by atoms with E-state index in [-0.39, 0.29) is 23.6 Å². The molecule has 1 aliphatic rings. The van der Waals surface area contributed by atoms with E-state index in [1.165, 1.54) is 6.20 Å². The van der Waals surface area contributed by atoms with Gasteiger partial charge in [0.25, 0.3) is 0 Å². The van der Waals surface area contributed by atoms with Gasteiger partial charge in [0.05, 0.1) is 12.3 Å². The second-order valence-electron chi connectivity index (χ2n) is 4.89. The summed E-state index contributed by atoms with van der Waals surface area (Å²) in [4.78, 5) is 10.5. The average Bonchev–Trinajstić information content (AvgIpc) is 2.80. The van der Waals surface area contributed by atoms with Crippen molar-refractivity contribution in [1.29, 1.82) is 0 Å². The molecule has 0 saturated heterocycles. The third-order valence-electron chi connectivity index (χ3n) is 3.24. The fraction of sp³-hybridized carbons (Fsp3) is 0.636. The fourth-order valence-corrected chi connectivity index (χ4v) is 3.45. The van der Waals surface area contributed by atoms with Crippen molar-refractivity contribution in [3.8, 4) is 0 Å². The summed E-state index contributed by atoms with van der Waals surface area (Å²) in [6.45, 7) is -0.384. The highest BCUT2D eigenvalue weighted by atomic mass is 32.2. The molecule has 0 aromatic carbocycles. The van der Waals surface area contributed by atoms with Gasteiger partial charge in [0.15, 0.2) is 0 Å². The minimum absolute atomic E-state index is 0.0510. The average molecular weight is 303 g/mol. The lowest BCUT2D eigenvalue weighted by atomic mass is 9.94. The van der Waals surface area contributed by atoms with Crippen LogP contribution in [0.15, 0.2) is 17.3 Å². The van der Waals surface area contributed by atoms with Crippen LogP contribution in [0.25, 0.3) is 0 Å². The number of hydrogen-bond donors (Lipinski definition) is 3. The summed E-state index contributed by atoms with van der Waals surface area (Å²) in [5, 5.41) is 21.7. The van der Waals surface area contributed by atoms with Crippen LogP contribution >= 0.6 is 0 Å². The van der Waals surface area contributed by atoms with Gasteiger partial charge >= 0.3 is 5.97 Å². The zero-order valence-corrected chi connectivity index (χ0v) is 11.6. The Labute approximate surface area is 116 Å². The summed E-state index contributed by atoms with van der Waals surface area (Å²) >= 11 is 0. The van der Waals surface area contributed by atoms with Gasteiger partial charge in [0.2, 0.25) is 10.0 Å². The van der Waals surface area contributed by atoms with E-state index in [4.69, 9.17) is 5.11 Å². The lowest BCUT2D eigenvalue weighted by Gasteiger charge is -2.25. The summed E-state index contributed by atoms with van der Waals surface area (Å²) in [5.41, 5.74) is 0. The molecule has 1 aromatic rings. The highest BCUT2D eigenvalue weighted by Gasteiger charge is 2.25. The van der Waals surface area contributed by atoms with E-state index >= 15 is 0 Å². The van der Waals surface area contributed by atoms with Crippen LogP contribution in [0.1, 0.15) is 25.7 Å². The molecule has 3 N–H and O–H groups in total. The topological polar surface area (TPSA) is 122 Å². The lowest BCUT2D eigenvalue weighted by Crippen LogP contribution is -2.38. The van der Waals surface area contributed by atoms with Gasteiger partial charge in [-0.25, -0.2) is 13.1 Å². The molecule has 0 spiro atoms. The van der Waals surface area contributed by atoms with Crippen LogP contribution in [0.4, 0.5) is 0 Å². The lowest BCUT2D eigenvalue weighted by molar-refractivity contribution is -0.137. The van der Waals surface area contributed by atoms with Crippen LogP contribution in [0.2, 0.25) is 0 Å². The van der Waals surface area contributed by atoms with Crippen molar-refractivity contribution >= 4 is 16.0 Å². The Balaban J connectivity index is 2.02. The Morgan fingerprint density at radius 1 is 1.40 bits per heavy atom. The van der Waals surface area contributed by atoms with Gasteiger partial charge in [0.1, 0.15) is 11.4 Å². The molecule has 0 amide bonds. The zero-order valence-electron chi connectivity index (χ0n) is 10.8. The molecule has 0 radical (unpaired) electrons. The predicted molar refractivity (Wildman–Crippen MR) is 68.4 cm³/mol. The van der Waals surface area contributed by atoms with Gasteiger partial charge in [0, 0.05) is 12.2 Å². The van der Waals surface area contributed by atoms with Crippen LogP contribution in [-0.4, -0.2) is 46.5 Å². The summed E-state index contributed by atoms with van der Waals surface area (Å²) < 4.78 is 27.8. The molecule has 0 atom stereocenters. The summed E-state index contributed by atoms with van der Waals surface area (Å²) in [7, 11) is -3.70. The number of aromatic nitrogens is 2. The standard InChI is InChI=1S/C11H17N3O5S/c15-9-3-1-8(2-4-9)13-20(18,19)10-5-12-14(6-10)7-11(16)17/h5-6,8-9,13,15H,1-4,7H2,(H,16,17). The van der Waals surface area contributed by atoms with E-state index in [1.807, 2.05) is 0 Å². The summed E-state index contributed by atoms with van der Waals surface area (Å²) in [6.07, 6.45) is 4.29. The maximum absolute atomic E-state index is 12.1. The number of nitrogens with zero attached hydrogens (tertiary/aromatic N) is 2. The molecule has 1 heterocycles. The first-order chi connectivity index (χ1) is 9.37. The number of carboxylic acid groups (broad SMARTS) is 1. The number of nitrogens with one attached hydrogen (secondary N) is 1. The van der Waals surface area contributed by atoms with Crippen molar-refractivity contribution < 1.29 is 23.4 Å². The Morgan fingerprint density at radius 2 is 2.05 bits per heavy atom. The van der Waals surface area contributed by atoms with E-state index in [1.54, 1.807) is 0 Å². The van der Waals surface area contributed by atoms with Gasteiger partial charge < -0.3 is 10.2 Å². The van der Waals surface area contributed by atoms with Crippen LogP contribution in [0, 0.1) is 0 Å². The molecule has 20 heavy (non-hydrogen) atoms. The van der Waals surface area contributed by atoms with Gasteiger partial charge in [-0.05, 0) is 25.7 Å². The number of hydrogen-bond acceptors (Lipinski definition) is 5. The fourth-order valence-electron chi connectivity index (χ4n) is 2.19. The number of aliphatic carboxylic acids is 1. The minimum atomic E-state index is -3.70. The Bertz CT molecular complexity index is 575. The second kappa shape index (κ2) is 5.90. The summed E-state index contributed by atoms with van der Waals surface area (Å²) in [5.74, 6) is -1.09. The molecular weight excluding hydrogens is 286 g/mol. The molecule has 1 fully saturated rings. The third-order valence-corrected chi connectivity index (χ3v) is 4.71. The summed E-state index contributed by atoms with van der Waals surface area (Å²) in [6, 6.07) is -0.203. The van der Waals surface area contributed by atoms with E-state index < -0.39 is 16.0 Å². The van der Waals surface area contributed by atoms with Crippen molar-refractivity contribution in [2.24, 2.45) is 0 Å². The molecule has 2 rings (SSSR count). The first-order valence-corrected chi connectivity index (χ1v) is 7.80. The quantitative estimate of drug-likeness (QED) is 0.677. The minimum Gasteiger partial charge on any atom is -0.480 e. The molecular formula is C11H17N3O5S. The molecule has 112 valence electrons. The van der Waals surface area contributed by atoms with Crippen LogP contribution in [0.5, 0.6) is 0 Å². The number of carbonyl (C=O) groups is 1. The Morgan fingerprint density at radius 3 is 2.65 bits per heavy atom. The van der Waals surface area contributed by atoms with Crippen molar-refractivity contribution in [2.45, 2.75) is 49.3 Å². The van der Waals surface area contributed by atoms with E-state index in [0.29, 0.717) is 25.7 Å². The first-order valence-electron chi connectivity index (χ1n) is 6.31. The normalized spacial score (nSPS) is 23.6. The van der Waals surface area contributed by atoms with Crippen molar-refractivity contribution in [3.63, 3.8) is 0 Å². The molecule has 8 nitrogen and oxygen atoms in total. The first kappa shape index (κ1) is 14.9. The maximum atomic E-state index is 12.1. The number of aliphatic hydroxyl groups excluding tert-OH is 1. The highest BCUT2D eigenvalue weighted by Crippen LogP contribution is 2.20. The molecule has 0 aliphatic heterocycles. The van der Waals surface area contributed by atoms with Crippen LogP contribution in [0.3, 0.4) is 0 Å². The number of carboxylic acids is 1. The van der Waals surface area contributed by atoms with Crippen LogP contribution < -0.4 is 4.72 Å². The maximum Gasteiger partial charge on any atom is 0.325 e. The van der Waals surface area contributed by atoms with Crippen LogP contribution in [-0.2, 0) is 21.4 Å². The van der Waals surface area contributed by atoms with Crippen molar-refractivity contribution in [2.75, 3.05) is 0 Å². The van der Waals surface area contributed by atoms with E-state index in [0.717, 1.165) is 10.9 Å². The number of rotatable bonds is 5. The SMILES string of the molecule is O=C(O)Cn1cc(S(=O)(=O)NC2CCC(O)CC2)cn1. The number of aliphatic hydroxyl groups is 1. The Hall–Kier alpha value is -1.45. The van der Waals surface area contributed by atoms with Crippen molar-refractivity contribution in [3.05, 3.63) is 12.4 Å². The van der Waals surface area contributed by atoms with Gasteiger partial charge in [-0.3, -0.25) is 9.48 Å². The highest BCUT2D eigenvalue weighted by molar-refractivity contribution is 7.89. The van der Waals surface area contributed by atoms with E-state index in [2.05, 4.69) is 9.82 Å². The second-order valence-corrected chi connectivity index (χ2v) is 6.61. The molecule has 0 unspecified atom stereocenters. The van der Waals surface area contributed by atoms with Gasteiger partial charge in [-0.1, -0.05) is 0 Å². The third kappa shape index (κ3) is 3.78. The molecule has 1 aliphatic carbocycles. The number of sulfonamides is 1. The van der Waals surface area contributed by atoms with Crippen molar-refractivity contribution in [1.82, 2.24) is 14.5 Å².